The molecule has 1 N–H and O–H groups in total. The Hall–Kier alpha value is -2.52. The van der Waals surface area contributed by atoms with Gasteiger partial charge in [-0.1, -0.05) is 11.8 Å². The molecule has 0 aliphatic heterocycles. The van der Waals surface area contributed by atoms with Crippen molar-refractivity contribution in [3.63, 3.8) is 0 Å². The summed E-state index contributed by atoms with van der Waals surface area (Å²) in [6, 6.07) is 4.51. The van der Waals surface area contributed by atoms with Crippen LogP contribution in [0.2, 0.25) is 0 Å². The van der Waals surface area contributed by atoms with E-state index in [9.17, 15) is 19.7 Å². The van der Waals surface area contributed by atoms with Crippen molar-refractivity contribution in [3.05, 3.63) is 50.8 Å². The van der Waals surface area contributed by atoms with Crippen LogP contribution in [-0.4, -0.2) is 31.7 Å². The van der Waals surface area contributed by atoms with Crippen molar-refractivity contribution < 1.29 is 14.5 Å². The summed E-state index contributed by atoms with van der Waals surface area (Å²) in [5, 5.41) is 10.5. The number of aryl methyl sites for hydroxylation is 1. The number of thiazole rings is 1. The monoisotopic (exact) mass is 403 g/mol. The van der Waals surface area contributed by atoms with Gasteiger partial charge in [0.1, 0.15) is 0 Å². The average Bonchev–Trinajstić information content (AvgIpc) is 3.12. The molecule has 9 heteroatoms. The number of fused-ring (bicyclic) bond motifs is 1. The molecule has 0 aliphatic rings. The lowest BCUT2D eigenvalue weighted by atomic mass is 10.0. The predicted octanol–water partition coefficient (Wildman–Crippen LogP) is 4.72. The number of Topliss-reactive ketones (excluding diaryl/α,β-unsaturated/α-hetero) is 2. The SMILES string of the molecule is CC(=O)c1c(C)[nH]c(C(=O)[C@@H](C)Sc2nc3ccc([N+](=O)[O-])cc3s2)c1C. The van der Waals surface area contributed by atoms with E-state index in [2.05, 4.69) is 9.97 Å². The van der Waals surface area contributed by atoms with Gasteiger partial charge >= 0.3 is 0 Å². The summed E-state index contributed by atoms with van der Waals surface area (Å²) in [5.41, 5.74) is 3.03. The molecule has 2 aromatic heterocycles. The first-order valence-corrected chi connectivity index (χ1v) is 9.84. The molecule has 7 nitrogen and oxygen atoms in total. The highest BCUT2D eigenvalue weighted by atomic mass is 32.2. The first kappa shape index (κ1) is 19.2. The highest BCUT2D eigenvalue weighted by Gasteiger charge is 2.25. The molecule has 2 heterocycles. The minimum Gasteiger partial charge on any atom is -0.355 e. The fourth-order valence-corrected chi connectivity index (χ4v) is 5.29. The lowest BCUT2D eigenvalue weighted by Crippen LogP contribution is -2.15. The number of H-pyrrole nitrogens is 1. The number of hydrogen-bond acceptors (Lipinski definition) is 7. The first-order valence-electron chi connectivity index (χ1n) is 8.15. The zero-order valence-electron chi connectivity index (χ0n) is 15.2. The van der Waals surface area contributed by atoms with Gasteiger partial charge in [-0.15, -0.1) is 11.3 Å². The second kappa shape index (κ2) is 7.24. The quantitative estimate of drug-likeness (QED) is 0.276. The van der Waals surface area contributed by atoms with E-state index in [0.29, 0.717) is 37.1 Å². The second-order valence-electron chi connectivity index (χ2n) is 6.19. The highest BCUT2D eigenvalue weighted by molar-refractivity contribution is 8.02. The largest absolute Gasteiger partial charge is 0.355 e. The molecule has 0 bridgehead atoms. The smallest absolute Gasteiger partial charge is 0.270 e. The van der Waals surface area contributed by atoms with E-state index in [4.69, 9.17) is 0 Å². The number of non-ortho nitro benzene ring substituents is 1. The Kier molecular flexibility index (Phi) is 5.16. The number of nitrogens with zero attached hydrogens (tertiary/aromatic N) is 2. The summed E-state index contributed by atoms with van der Waals surface area (Å²) in [6.07, 6.45) is 0. The van der Waals surface area contributed by atoms with Gasteiger partial charge in [-0.2, -0.15) is 0 Å². The molecule has 0 fully saturated rings. The lowest BCUT2D eigenvalue weighted by molar-refractivity contribution is -0.384. The number of benzene rings is 1. The molecule has 0 radical (unpaired) electrons. The second-order valence-corrected chi connectivity index (χ2v) is 8.81. The zero-order chi connectivity index (χ0) is 19.9. The topological polar surface area (TPSA) is 106 Å². The van der Waals surface area contributed by atoms with Crippen molar-refractivity contribution >= 4 is 50.6 Å². The van der Waals surface area contributed by atoms with Gasteiger partial charge < -0.3 is 4.98 Å². The molecule has 27 heavy (non-hydrogen) atoms. The minimum atomic E-state index is -0.443. The Morgan fingerprint density at radius 3 is 2.63 bits per heavy atom. The third kappa shape index (κ3) is 3.65. The maximum Gasteiger partial charge on any atom is 0.270 e. The molecule has 0 unspecified atom stereocenters. The number of nitro groups is 1. The summed E-state index contributed by atoms with van der Waals surface area (Å²) in [5.74, 6) is -0.188. The van der Waals surface area contributed by atoms with Gasteiger partial charge in [-0.3, -0.25) is 19.7 Å². The van der Waals surface area contributed by atoms with Gasteiger partial charge in [0.15, 0.2) is 15.9 Å². The Labute approximate surface area is 163 Å². The number of rotatable bonds is 6. The van der Waals surface area contributed by atoms with Crippen LogP contribution in [0.1, 0.15) is 46.0 Å². The van der Waals surface area contributed by atoms with Crippen molar-refractivity contribution in [3.8, 4) is 0 Å². The molecule has 0 spiro atoms. The van der Waals surface area contributed by atoms with Crippen LogP contribution in [0.5, 0.6) is 0 Å². The molecule has 140 valence electrons. The van der Waals surface area contributed by atoms with Gasteiger partial charge in [0.2, 0.25) is 0 Å². The van der Waals surface area contributed by atoms with Crippen LogP contribution in [0.3, 0.4) is 0 Å². The number of nitro benzene ring substituents is 1. The van der Waals surface area contributed by atoms with E-state index in [1.807, 2.05) is 0 Å². The van der Waals surface area contributed by atoms with E-state index >= 15 is 0 Å². The van der Waals surface area contributed by atoms with Gasteiger partial charge in [-0.25, -0.2) is 4.98 Å². The predicted molar refractivity (Wildman–Crippen MR) is 106 cm³/mol. The van der Waals surface area contributed by atoms with Crippen LogP contribution in [0.15, 0.2) is 22.5 Å². The summed E-state index contributed by atoms with van der Waals surface area (Å²) in [4.78, 5) is 42.5. The normalized spacial score (nSPS) is 12.3. The van der Waals surface area contributed by atoms with Gasteiger partial charge in [0, 0.05) is 23.4 Å². The number of nitrogens with one attached hydrogen (secondary N) is 1. The number of carbonyl (C=O) groups excluding carboxylic acids is 2. The Morgan fingerprint density at radius 1 is 1.33 bits per heavy atom. The number of thioether (sulfide) groups is 1. The molecule has 3 aromatic rings. The fourth-order valence-electron chi connectivity index (χ4n) is 2.99. The molecular formula is C18H17N3O4S2. The third-order valence-electron chi connectivity index (χ3n) is 4.25. The van der Waals surface area contributed by atoms with Crippen molar-refractivity contribution in [2.45, 2.75) is 37.3 Å². The van der Waals surface area contributed by atoms with Crippen LogP contribution in [0.4, 0.5) is 5.69 Å². The third-order valence-corrected chi connectivity index (χ3v) is 6.46. The number of hydrogen-bond donors (Lipinski definition) is 1. The maximum atomic E-state index is 12.8. The molecule has 0 saturated carbocycles. The van der Waals surface area contributed by atoms with Crippen molar-refractivity contribution in [2.75, 3.05) is 0 Å². The van der Waals surface area contributed by atoms with E-state index in [-0.39, 0.29) is 17.3 Å². The standard InChI is InChI=1S/C18H17N3O4S2/c1-8-15(10(3)22)9(2)19-16(8)17(23)11(4)26-18-20-13-6-5-12(21(24)25)7-14(13)27-18/h5-7,11,19H,1-4H3/t11-/m1/s1. The van der Waals surface area contributed by atoms with Crippen LogP contribution >= 0.6 is 23.1 Å². The van der Waals surface area contributed by atoms with Crippen LogP contribution < -0.4 is 0 Å². The molecular weight excluding hydrogens is 386 g/mol. The van der Waals surface area contributed by atoms with Crippen LogP contribution in [0.25, 0.3) is 10.2 Å². The van der Waals surface area contributed by atoms with E-state index in [1.54, 1.807) is 26.8 Å². The summed E-state index contributed by atoms with van der Waals surface area (Å²) in [7, 11) is 0. The van der Waals surface area contributed by atoms with Crippen LogP contribution in [0, 0.1) is 24.0 Å². The van der Waals surface area contributed by atoms with Crippen molar-refractivity contribution in [2.24, 2.45) is 0 Å². The molecule has 3 rings (SSSR count). The van der Waals surface area contributed by atoms with E-state index in [1.165, 1.54) is 42.2 Å². The van der Waals surface area contributed by atoms with Gasteiger partial charge in [0.25, 0.3) is 5.69 Å². The lowest BCUT2D eigenvalue weighted by Gasteiger charge is -2.08. The first-order chi connectivity index (χ1) is 12.7. The number of carbonyl (C=O) groups is 2. The van der Waals surface area contributed by atoms with Gasteiger partial charge in [0.05, 0.1) is 26.1 Å². The summed E-state index contributed by atoms with van der Waals surface area (Å²) in [6.45, 7) is 6.81. The van der Waals surface area contributed by atoms with Crippen molar-refractivity contribution in [1.29, 1.82) is 0 Å². The number of aromatic amines is 1. The highest BCUT2D eigenvalue weighted by Crippen LogP contribution is 2.35. The summed E-state index contributed by atoms with van der Waals surface area (Å²) < 4.78 is 1.37. The van der Waals surface area contributed by atoms with E-state index < -0.39 is 10.2 Å². The minimum absolute atomic E-state index is 0.0149. The molecule has 0 saturated heterocycles. The number of aromatic nitrogens is 2. The Morgan fingerprint density at radius 2 is 2.04 bits per heavy atom. The van der Waals surface area contributed by atoms with E-state index in [0.717, 1.165) is 0 Å². The van der Waals surface area contributed by atoms with Crippen LogP contribution in [-0.2, 0) is 0 Å². The Bertz CT molecular complexity index is 1080. The summed E-state index contributed by atoms with van der Waals surface area (Å²) >= 11 is 2.62. The van der Waals surface area contributed by atoms with Crippen molar-refractivity contribution in [1.82, 2.24) is 9.97 Å². The zero-order valence-corrected chi connectivity index (χ0v) is 16.8. The fraction of sp³-hybridized carbons (Fsp3) is 0.278. The molecule has 0 aliphatic carbocycles. The van der Waals surface area contributed by atoms with Gasteiger partial charge in [-0.05, 0) is 39.3 Å². The molecule has 1 atom stereocenters. The number of ketones is 2. The maximum absolute atomic E-state index is 12.8. The Balaban J connectivity index is 1.85. The molecule has 1 aromatic carbocycles. The molecule has 0 amide bonds. The average molecular weight is 403 g/mol.